The fourth-order valence-corrected chi connectivity index (χ4v) is 3.15. The van der Waals surface area contributed by atoms with E-state index in [0.717, 1.165) is 16.7 Å². The van der Waals surface area contributed by atoms with Gasteiger partial charge in [0.05, 0.1) is 6.07 Å². The number of benzene rings is 2. The Balaban J connectivity index is 2.44. The number of nitrogens with zero attached hydrogens (tertiary/aromatic N) is 1. The average Bonchev–Trinajstić information content (AvgIpc) is 2.53. The predicted octanol–water partition coefficient (Wildman–Crippen LogP) is 4.15. The molecule has 0 saturated heterocycles. The first-order chi connectivity index (χ1) is 9.63. The number of nitriles is 1. The van der Waals surface area contributed by atoms with Gasteiger partial charge in [-0.2, -0.15) is 5.26 Å². The van der Waals surface area contributed by atoms with Crippen molar-refractivity contribution in [3.8, 4) is 17.2 Å². The van der Waals surface area contributed by atoms with Crippen molar-refractivity contribution in [2.75, 3.05) is 0 Å². The third kappa shape index (κ3) is 1.75. The molecular formula is C18H16N2. The molecule has 2 nitrogen and oxygen atoms in total. The van der Waals surface area contributed by atoms with E-state index >= 15 is 0 Å². The van der Waals surface area contributed by atoms with Gasteiger partial charge >= 0.3 is 0 Å². The smallest absolute Gasteiger partial charge is 0.110 e. The van der Waals surface area contributed by atoms with Gasteiger partial charge in [-0.3, -0.25) is 0 Å². The van der Waals surface area contributed by atoms with Crippen LogP contribution in [-0.2, 0) is 6.42 Å². The third-order valence-electron chi connectivity index (χ3n) is 4.08. The molecule has 0 saturated carbocycles. The zero-order valence-electron chi connectivity index (χ0n) is 11.7. The second-order valence-electron chi connectivity index (χ2n) is 5.41. The van der Waals surface area contributed by atoms with Crippen molar-refractivity contribution in [3.05, 3.63) is 58.7 Å². The first kappa shape index (κ1) is 12.6. The van der Waals surface area contributed by atoms with Crippen LogP contribution in [0.15, 0.2) is 36.4 Å². The molecule has 98 valence electrons. The number of hydrogen-bond acceptors (Lipinski definition) is 2. The molecule has 0 fully saturated rings. The van der Waals surface area contributed by atoms with Crippen LogP contribution in [0.3, 0.4) is 0 Å². The van der Waals surface area contributed by atoms with Crippen molar-refractivity contribution in [2.24, 2.45) is 0 Å². The molecule has 2 aromatic carbocycles. The molecular weight excluding hydrogens is 244 g/mol. The largest absolute Gasteiger partial charge is 0.308 e. The fourth-order valence-electron chi connectivity index (χ4n) is 3.15. The van der Waals surface area contributed by atoms with Crippen LogP contribution < -0.4 is 0 Å². The Bertz CT molecular complexity index is 750. The van der Waals surface area contributed by atoms with Gasteiger partial charge in [0.15, 0.2) is 0 Å². The molecule has 0 aliphatic heterocycles. The number of nitrogens with one attached hydrogen (secondary N) is 1. The molecule has 1 aliphatic carbocycles. The Morgan fingerprint density at radius 1 is 1.05 bits per heavy atom. The summed E-state index contributed by atoms with van der Waals surface area (Å²) in [6.07, 6.45) is 0.559. The lowest BCUT2D eigenvalue weighted by Gasteiger charge is -2.16. The molecule has 2 heteroatoms. The number of rotatable bonds is 0. The second kappa shape index (κ2) is 4.61. The molecule has 0 bridgehead atoms. The van der Waals surface area contributed by atoms with Crippen LogP contribution in [0.25, 0.3) is 11.1 Å². The van der Waals surface area contributed by atoms with Crippen molar-refractivity contribution >= 4 is 5.71 Å². The Morgan fingerprint density at radius 3 is 2.40 bits per heavy atom. The predicted molar refractivity (Wildman–Crippen MR) is 81.1 cm³/mol. The van der Waals surface area contributed by atoms with E-state index in [1.807, 2.05) is 18.2 Å². The minimum atomic E-state index is -0.434. The van der Waals surface area contributed by atoms with E-state index < -0.39 is 5.92 Å². The van der Waals surface area contributed by atoms with Crippen molar-refractivity contribution in [1.29, 1.82) is 10.7 Å². The maximum absolute atomic E-state index is 9.48. The van der Waals surface area contributed by atoms with E-state index in [2.05, 4.69) is 38.1 Å². The fraction of sp³-hybridized carbons (Fsp3) is 0.222. The minimum Gasteiger partial charge on any atom is -0.308 e. The highest BCUT2D eigenvalue weighted by Crippen LogP contribution is 2.40. The zero-order chi connectivity index (χ0) is 14.3. The maximum Gasteiger partial charge on any atom is 0.110 e. The summed E-state index contributed by atoms with van der Waals surface area (Å²) in [5.74, 6) is -0.434. The summed E-state index contributed by atoms with van der Waals surface area (Å²) in [6, 6.07) is 14.6. The van der Waals surface area contributed by atoms with E-state index in [1.54, 1.807) is 0 Å². The molecule has 20 heavy (non-hydrogen) atoms. The lowest BCUT2D eigenvalue weighted by Crippen LogP contribution is -2.11. The number of hydrogen-bond donors (Lipinski definition) is 1. The van der Waals surface area contributed by atoms with Gasteiger partial charge in [0.25, 0.3) is 0 Å². The van der Waals surface area contributed by atoms with Crippen molar-refractivity contribution in [1.82, 2.24) is 0 Å². The molecule has 1 aliphatic rings. The van der Waals surface area contributed by atoms with Crippen molar-refractivity contribution in [3.63, 3.8) is 0 Å². The molecule has 1 unspecified atom stereocenters. The summed E-state index contributed by atoms with van der Waals surface area (Å²) in [6.45, 7) is 4.18. The molecule has 0 aromatic heterocycles. The molecule has 3 rings (SSSR count). The van der Waals surface area contributed by atoms with Gasteiger partial charge in [0.2, 0.25) is 0 Å². The third-order valence-corrected chi connectivity index (χ3v) is 4.08. The summed E-state index contributed by atoms with van der Waals surface area (Å²) in [4.78, 5) is 0. The molecule has 0 radical (unpaired) electrons. The van der Waals surface area contributed by atoms with E-state index in [4.69, 9.17) is 5.41 Å². The summed E-state index contributed by atoms with van der Waals surface area (Å²) in [5.41, 5.74) is 7.37. The molecule has 1 atom stereocenters. The molecule has 0 spiro atoms. The van der Waals surface area contributed by atoms with Gasteiger partial charge in [-0.1, -0.05) is 36.4 Å². The van der Waals surface area contributed by atoms with Crippen LogP contribution in [0.5, 0.6) is 0 Å². The van der Waals surface area contributed by atoms with E-state index in [9.17, 15) is 5.26 Å². The van der Waals surface area contributed by atoms with Gasteiger partial charge in [-0.05, 0) is 47.2 Å². The summed E-state index contributed by atoms with van der Waals surface area (Å²) < 4.78 is 0. The second-order valence-corrected chi connectivity index (χ2v) is 5.41. The van der Waals surface area contributed by atoms with Crippen molar-refractivity contribution < 1.29 is 0 Å². The standard InChI is InChI=1S/C18H16N2/c1-11-5-3-7-13-9-16(20)15(10-19)14-8-4-6-12(2)18(14)17(11)13/h3-8,15,20H,9H2,1-2H3. The van der Waals surface area contributed by atoms with Crippen LogP contribution >= 0.6 is 0 Å². The van der Waals surface area contributed by atoms with Gasteiger partial charge in [0.1, 0.15) is 5.92 Å². The van der Waals surface area contributed by atoms with Crippen LogP contribution in [0.1, 0.15) is 28.2 Å². The molecule has 0 heterocycles. The normalized spacial score (nSPS) is 16.9. The van der Waals surface area contributed by atoms with Gasteiger partial charge in [0, 0.05) is 12.1 Å². The van der Waals surface area contributed by atoms with E-state index in [-0.39, 0.29) is 0 Å². The topological polar surface area (TPSA) is 47.6 Å². The summed E-state index contributed by atoms with van der Waals surface area (Å²) in [5, 5.41) is 17.7. The summed E-state index contributed by atoms with van der Waals surface area (Å²) in [7, 11) is 0. The Kier molecular flexibility index (Phi) is 2.91. The highest BCUT2D eigenvalue weighted by Gasteiger charge is 2.27. The lowest BCUT2D eigenvalue weighted by atomic mass is 9.87. The van der Waals surface area contributed by atoms with Crippen LogP contribution in [0.4, 0.5) is 0 Å². The minimum absolute atomic E-state index is 0.434. The number of aryl methyl sites for hydroxylation is 2. The SMILES string of the molecule is Cc1cccc2c1-c1c(C)cccc1C(C#N)C(=N)C2. The van der Waals surface area contributed by atoms with Crippen molar-refractivity contribution in [2.45, 2.75) is 26.2 Å². The van der Waals surface area contributed by atoms with Gasteiger partial charge < -0.3 is 5.41 Å². The molecule has 2 aromatic rings. The van der Waals surface area contributed by atoms with Gasteiger partial charge in [-0.15, -0.1) is 0 Å². The van der Waals surface area contributed by atoms with E-state index in [0.29, 0.717) is 12.1 Å². The molecule has 0 amide bonds. The molecule has 1 N–H and O–H groups in total. The first-order valence-corrected chi connectivity index (χ1v) is 6.78. The Morgan fingerprint density at radius 2 is 1.70 bits per heavy atom. The maximum atomic E-state index is 9.48. The van der Waals surface area contributed by atoms with Gasteiger partial charge in [-0.25, -0.2) is 0 Å². The zero-order valence-corrected chi connectivity index (χ0v) is 11.7. The monoisotopic (exact) mass is 260 g/mol. The van der Waals surface area contributed by atoms with Crippen LogP contribution in [0.2, 0.25) is 0 Å². The van der Waals surface area contributed by atoms with E-state index in [1.165, 1.54) is 16.7 Å². The Hall–Kier alpha value is -2.40. The van der Waals surface area contributed by atoms with Crippen LogP contribution in [0, 0.1) is 30.6 Å². The number of fused-ring (bicyclic) bond motifs is 3. The lowest BCUT2D eigenvalue weighted by molar-refractivity contribution is 1.09. The van der Waals surface area contributed by atoms with Crippen LogP contribution in [-0.4, -0.2) is 5.71 Å². The summed E-state index contributed by atoms with van der Waals surface area (Å²) >= 11 is 0. The Labute approximate surface area is 119 Å². The highest BCUT2D eigenvalue weighted by molar-refractivity contribution is 5.98. The first-order valence-electron chi connectivity index (χ1n) is 6.78. The average molecular weight is 260 g/mol. The quantitative estimate of drug-likeness (QED) is 0.759. The highest BCUT2D eigenvalue weighted by atomic mass is 14.5.